The molecule has 1 fully saturated rings. The zero-order valence-electron chi connectivity index (χ0n) is 14.1. The molecule has 2 heterocycles. The van der Waals surface area contributed by atoms with E-state index in [2.05, 4.69) is 22.5 Å². The molecule has 0 spiro atoms. The Morgan fingerprint density at radius 3 is 2.88 bits per heavy atom. The molecule has 1 aliphatic rings. The summed E-state index contributed by atoms with van der Waals surface area (Å²) in [6.45, 7) is 2.41. The lowest BCUT2D eigenvalue weighted by Crippen LogP contribution is -2.49. The van der Waals surface area contributed by atoms with Crippen LogP contribution in [0.1, 0.15) is 31.2 Å². The maximum atomic E-state index is 12.6. The first-order chi connectivity index (χ1) is 11.8. The van der Waals surface area contributed by atoms with E-state index in [0.717, 1.165) is 38.8 Å². The molecule has 128 valence electrons. The van der Waals surface area contributed by atoms with Crippen molar-refractivity contribution in [3.8, 4) is 0 Å². The second-order valence-electron chi connectivity index (χ2n) is 6.37. The maximum absolute atomic E-state index is 12.6. The highest BCUT2D eigenvalue weighted by molar-refractivity contribution is 5.74. The van der Waals surface area contributed by atoms with E-state index < -0.39 is 0 Å². The standard InChI is InChI=1S/C19H26N4O/c24-19(20-13-10-17-7-2-1-3-8-17)23-15-5-4-9-18(23)11-16-22-14-6-12-21-22/h1-3,6-8,12,14,18H,4-5,9-11,13,15-16H2,(H,20,24)/t18-/m1/s1. The average Bonchev–Trinajstić information content (AvgIpc) is 3.14. The lowest BCUT2D eigenvalue weighted by molar-refractivity contribution is 0.143. The Balaban J connectivity index is 1.47. The van der Waals surface area contributed by atoms with E-state index in [1.54, 1.807) is 6.20 Å². The lowest BCUT2D eigenvalue weighted by Gasteiger charge is -2.35. The van der Waals surface area contributed by atoms with Gasteiger partial charge in [0.2, 0.25) is 0 Å². The number of nitrogens with zero attached hydrogens (tertiary/aromatic N) is 3. The second kappa shape index (κ2) is 8.52. The molecular formula is C19H26N4O. The predicted octanol–water partition coefficient (Wildman–Crippen LogP) is 3.08. The van der Waals surface area contributed by atoms with Gasteiger partial charge in [-0.15, -0.1) is 0 Å². The molecule has 1 aromatic carbocycles. The van der Waals surface area contributed by atoms with E-state index in [4.69, 9.17) is 0 Å². The number of hydrogen-bond donors (Lipinski definition) is 1. The Bertz CT molecular complexity index is 612. The average molecular weight is 326 g/mol. The zero-order valence-corrected chi connectivity index (χ0v) is 14.1. The third kappa shape index (κ3) is 4.60. The van der Waals surface area contributed by atoms with E-state index in [1.807, 2.05) is 40.0 Å². The van der Waals surface area contributed by atoms with Crippen LogP contribution in [-0.2, 0) is 13.0 Å². The summed E-state index contributed by atoms with van der Waals surface area (Å²) in [5.74, 6) is 0. The first-order valence-electron chi connectivity index (χ1n) is 8.89. The smallest absolute Gasteiger partial charge is 0.317 e. The minimum absolute atomic E-state index is 0.0797. The first-order valence-corrected chi connectivity index (χ1v) is 8.89. The molecule has 1 aromatic heterocycles. The van der Waals surface area contributed by atoms with Crippen LogP contribution in [0.2, 0.25) is 0 Å². The molecule has 0 bridgehead atoms. The number of aromatic nitrogens is 2. The predicted molar refractivity (Wildman–Crippen MR) is 94.7 cm³/mol. The molecule has 0 aliphatic carbocycles. The van der Waals surface area contributed by atoms with Crippen LogP contribution in [0.3, 0.4) is 0 Å². The van der Waals surface area contributed by atoms with Crippen molar-refractivity contribution in [1.29, 1.82) is 0 Å². The summed E-state index contributed by atoms with van der Waals surface area (Å²) in [5.41, 5.74) is 1.26. The molecule has 2 aromatic rings. The zero-order chi connectivity index (χ0) is 16.6. The molecule has 1 saturated heterocycles. The highest BCUT2D eigenvalue weighted by Gasteiger charge is 2.26. The Hall–Kier alpha value is -2.30. The summed E-state index contributed by atoms with van der Waals surface area (Å²) < 4.78 is 1.94. The van der Waals surface area contributed by atoms with Crippen LogP contribution in [0.5, 0.6) is 0 Å². The van der Waals surface area contributed by atoms with Crippen LogP contribution in [0, 0.1) is 0 Å². The van der Waals surface area contributed by atoms with Gasteiger partial charge < -0.3 is 10.2 Å². The molecular weight excluding hydrogens is 300 g/mol. The quantitative estimate of drug-likeness (QED) is 0.887. The van der Waals surface area contributed by atoms with Crippen molar-refractivity contribution >= 4 is 6.03 Å². The minimum atomic E-state index is 0.0797. The molecule has 0 radical (unpaired) electrons. The largest absolute Gasteiger partial charge is 0.338 e. The van der Waals surface area contributed by atoms with Crippen LogP contribution in [0.25, 0.3) is 0 Å². The maximum Gasteiger partial charge on any atom is 0.317 e. The Labute approximate surface area is 143 Å². The molecule has 0 saturated carbocycles. The molecule has 5 nitrogen and oxygen atoms in total. The Morgan fingerprint density at radius 2 is 2.08 bits per heavy atom. The third-order valence-corrected chi connectivity index (χ3v) is 4.67. The highest BCUT2D eigenvalue weighted by atomic mass is 16.2. The fourth-order valence-corrected chi connectivity index (χ4v) is 3.34. The minimum Gasteiger partial charge on any atom is -0.338 e. The number of urea groups is 1. The fraction of sp³-hybridized carbons (Fsp3) is 0.474. The Morgan fingerprint density at radius 1 is 1.21 bits per heavy atom. The molecule has 2 amide bonds. The molecule has 1 aliphatic heterocycles. The number of benzene rings is 1. The van der Waals surface area contributed by atoms with E-state index in [1.165, 1.54) is 12.0 Å². The van der Waals surface area contributed by atoms with E-state index in [9.17, 15) is 4.79 Å². The number of likely N-dealkylation sites (tertiary alicyclic amines) is 1. The normalized spacial score (nSPS) is 17.7. The van der Waals surface area contributed by atoms with Gasteiger partial charge in [0.15, 0.2) is 0 Å². The number of hydrogen-bond acceptors (Lipinski definition) is 2. The molecule has 24 heavy (non-hydrogen) atoms. The summed E-state index contributed by atoms with van der Waals surface area (Å²) in [4.78, 5) is 14.6. The van der Waals surface area contributed by atoms with Crippen LogP contribution in [0.4, 0.5) is 4.79 Å². The third-order valence-electron chi connectivity index (χ3n) is 4.67. The van der Waals surface area contributed by atoms with Gasteiger partial charge >= 0.3 is 6.03 Å². The molecule has 0 unspecified atom stereocenters. The van der Waals surface area contributed by atoms with Gasteiger partial charge in [0.1, 0.15) is 0 Å². The monoisotopic (exact) mass is 326 g/mol. The summed E-state index contributed by atoms with van der Waals surface area (Å²) in [6.07, 6.45) is 9.02. The van der Waals surface area contributed by atoms with Crippen molar-refractivity contribution < 1.29 is 4.79 Å². The van der Waals surface area contributed by atoms with Gasteiger partial charge in [-0.2, -0.15) is 5.10 Å². The summed E-state index contributed by atoms with van der Waals surface area (Å²) in [5, 5.41) is 7.34. The summed E-state index contributed by atoms with van der Waals surface area (Å²) in [7, 11) is 0. The van der Waals surface area contributed by atoms with E-state index in [0.29, 0.717) is 12.6 Å². The van der Waals surface area contributed by atoms with Gasteiger partial charge in [-0.3, -0.25) is 4.68 Å². The van der Waals surface area contributed by atoms with Crippen molar-refractivity contribution in [2.75, 3.05) is 13.1 Å². The topological polar surface area (TPSA) is 50.2 Å². The van der Waals surface area contributed by atoms with Crippen LogP contribution in [-0.4, -0.2) is 39.8 Å². The number of nitrogens with one attached hydrogen (secondary N) is 1. The SMILES string of the molecule is O=C(NCCc1ccccc1)N1CCCC[C@@H]1CCn1cccn1. The number of aryl methyl sites for hydroxylation is 1. The summed E-state index contributed by atoms with van der Waals surface area (Å²) in [6, 6.07) is 12.6. The van der Waals surface area contributed by atoms with Crippen molar-refractivity contribution in [1.82, 2.24) is 20.0 Å². The van der Waals surface area contributed by atoms with Crippen LogP contribution < -0.4 is 5.32 Å². The van der Waals surface area contributed by atoms with Crippen molar-refractivity contribution in [2.24, 2.45) is 0 Å². The first kappa shape index (κ1) is 16.6. The van der Waals surface area contributed by atoms with Gasteiger partial charge in [0, 0.05) is 38.1 Å². The van der Waals surface area contributed by atoms with Gasteiger partial charge in [0.05, 0.1) is 0 Å². The van der Waals surface area contributed by atoms with E-state index >= 15 is 0 Å². The lowest BCUT2D eigenvalue weighted by atomic mass is 10.00. The molecule has 5 heteroatoms. The van der Waals surface area contributed by atoms with Gasteiger partial charge in [-0.1, -0.05) is 30.3 Å². The molecule has 1 N–H and O–H groups in total. The van der Waals surface area contributed by atoms with Crippen LogP contribution in [0.15, 0.2) is 48.8 Å². The van der Waals surface area contributed by atoms with Crippen molar-refractivity contribution in [2.45, 2.75) is 44.7 Å². The van der Waals surface area contributed by atoms with E-state index in [-0.39, 0.29) is 6.03 Å². The second-order valence-corrected chi connectivity index (χ2v) is 6.37. The van der Waals surface area contributed by atoms with Gasteiger partial charge in [-0.05, 0) is 43.7 Å². The van der Waals surface area contributed by atoms with Crippen molar-refractivity contribution in [3.05, 3.63) is 54.4 Å². The van der Waals surface area contributed by atoms with Gasteiger partial charge in [0.25, 0.3) is 0 Å². The van der Waals surface area contributed by atoms with Crippen molar-refractivity contribution in [3.63, 3.8) is 0 Å². The number of amides is 2. The Kier molecular flexibility index (Phi) is 5.88. The number of rotatable bonds is 6. The number of carbonyl (C=O) groups excluding carboxylic acids is 1. The number of carbonyl (C=O) groups is 1. The fourth-order valence-electron chi connectivity index (χ4n) is 3.34. The summed E-state index contributed by atoms with van der Waals surface area (Å²) >= 11 is 0. The number of piperidine rings is 1. The molecule has 3 rings (SSSR count). The van der Waals surface area contributed by atoms with Crippen LogP contribution >= 0.6 is 0 Å². The molecule has 1 atom stereocenters. The van der Waals surface area contributed by atoms with Gasteiger partial charge in [-0.25, -0.2) is 4.79 Å². The highest BCUT2D eigenvalue weighted by Crippen LogP contribution is 2.20.